The van der Waals surface area contributed by atoms with Gasteiger partial charge in [0.1, 0.15) is 5.58 Å². The normalized spacial score (nSPS) is 18.8. The predicted octanol–water partition coefficient (Wildman–Crippen LogP) is 3.05. The Balaban J connectivity index is 2.01. The monoisotopic (exact) mass is 243 g/mol. The van der Waals surface area contributed by atoms with Crippen LogP contribution in [0.3, 0.4) is 0 Å². The molecule has 0 aliphatic heterocycles. The third-order valence-corrected chi connectivity index (χ3v) is 3.81. The Morgan fingerprint density at radius 2 is 2.11 bits per heavy atom. The second-order valence-corrected chi connectivity index (χ2v) is 5.54. The quantitative estimate of drug-likeness (QED) is 0.843. The highest BCUT2D eigenvalue weighted by Gasteiger charge is 2.45. The highest BCUT2D eigenvalue weighted by molar-refractivity contribution is 6.03. The van der Waals surface area contributed by atoms with Gasteiger partial charge in [-0.05, 0) is 50.8 Å². The second kappa shape index (κ2) is 3.69. The average Bonchev–Trinajstić information content (AvgIpc) is 3.09. The van der Waals surface area contributed by atoms with Gasteiger partial charge in [0, 0.05) is 5.39 Å². The van der Waals surface area contributed by atoms with Crippen LogP contribution in [0.15, 0.2) is 28.7 Å². The average molecular weight is 243 g/mol. The minimum absolute atomic E-state index is 0.0844. The molecule has 1 aliphatic carbocycles. The van der Waals surface area contributed by atoms with E-state index in [0.717, 1.165) is 29.4 Å². The van der Waals surface area contributed by atoms with Crippen molar-refractivity contribution >= 4 is 16.8 Å². The zero-order valence-electron chi connectivity index (χ0n) is 10.7. The summed E-state index contributed by atoms with van der Waals surface area (Å²) in [7, 11) is 0. The summed E-state index contributed by atoms with van der Waals surface area (Å²) in [6.45, 7) is 3.83. The first kappa shape index (κ1) is 11.5. The van der Waals surface area contributed by atoms with E-state index in [1.165, 1.54) is 0 Å². The minimum Gasteiger partial charge on any atom is -0.453 e. The molecule has 0 amide bonds. The molecule has 1 heterocycles. The van der Waals surface area contributed by atoms with Gasteiger partial charge >= 0.3 is 0 Å². The summed E-state index contributed by atoms with van der Waals surface area (Å²) < 4.78 is 5.62. The molecular formula is C15H17NO2. The Morgan fingerprint density at radius 3 is 2.78 bits per heavy atom. The highest BCUT2D eigenvalue weighted by atomic mass is 16.3. The third kappa shape index (κ3) is 1.75. The number of hydrogen-bond acceptors (Lipinski definition) is 3. The van der Waals surface area contributed by atoms with Crippen molar-refractivity contribution in [3.8, 4) is 0 Å². The van der Waals surface area contributed by atoms with Crippen molar-refractivity contribution < 1.29 is 9.21 Å². The zero-order valence-corrected chi connectivity index (χ0v) is 10.7. The molecule has 1 unspecified atom stereocenters. The molecule has 3 rings (SSSR count). The topological polar surface area (TPSA) is 56.2 Å². The number of Topliss-reactive ketones (excluding diaryl/α,β-unsaturated/α-hetero) is 1. The fourth-order valence-corrected chi connectivity index (χ4v) is 2.41. The maximum Gasteiger partial charge on any atom is 0.217 e. The number of furan rings is 1. The van der Waals surface area contributed by atoms with E-state index < -0.39 is 5.54 Å². The van der Waals surface area contributed by atoms with Crippen LogP contribution < -0.4 is 5.73 Å². The molecule has 0 saturated heterocycles. The van der Waals surface area contributed by atoms with Gasteiger partial charge < -0.3 is 10.2 Å². The van der Waals surface area contributed by atoms with Crippen molar-refractivity contribution in [2.75, 3.05) is 0 Å². The van der Waals surface area contributed by atoms with E-state index in [4.69, 9.17) is 10.2 Å². The maximum atomic E-state index is 12.4. The van der Waals surface area contributed by atoms with Crippen LogP contribution in [-0.2, 0) is 0 Å². The second-order valence-electron chi connectivity index (χ2n) is 5.54. The largest absolute Gasteiger partial charge is 0.453 e. The Kier molecular flexibility index (Phi) is 2.35. The van der Waals surface area contributed by atoms with E-state index in [9.17, 15) is 4.79 Å². The smallest absolute Gasteiger partial charge is 0.217 e. The Hall–Kier alpha value is -1.61. The van der Waals surface area contributed by atoms with E-state index in [0.29, 0.717) is 11.7 Å². The molecule has 2 aromatic rings. The number of hydrogen-bond donors (Lipinski definition) is 1. The number of ketones is 1. The lowest BCUT2D eigenvalue weighted by Gasteiger charge is -2.20. The van der Waals surface area contributed by atoms with Crippen LogP contribution >= 0.6 is 0 Å². The molecule has 2 N–H and O–H groups in total. The van der Waals surface area contributed by atoms with Gasteiger partial charge in [-0.2, -0.15) is 0 Å². The third-order valence-electron chi connectivity index (χ3n) is 3.81. The van der Waals surface area contributed by atoms with E-state index in [1.54, 1.807) is 6.07 Å². The Labute approximate surface area is 106 Å². The first-order valence-electron chi connectivity index (χ1n) is 6.32. The first-order chi connectivity index (χ1) is 8.48. The van der Waals surface area contributed by atoms with Gasteiger partial charge in [-0.15, -0.1) is 0 Å². The number of rotatable bonds is 3. The zero-order chi connectivity index (χ0) is 12.9. The lowest BCUT2D eigenvalue weighted by Crippen LogP contribution is -2.46. The number of carbonyl (C=O) groups excluding carboxylic acids is 1. The van der Waals surface area contributed by atoms with Crippen molar-refractivity contribution in [1.82, 2.24) is 0 Å². The lowest BCUT2D eigenvalue weighted by atomic mass is 9.90. The number of aryl methyl sites for hydroxylation is 1. The molecule has 1 fully saturated rings. The predicted molar refractivity (Wildman–Crippen MR) is 70.6 cm³/mol. The summed E-state index contributed by atoms with van der Waals surface area (Å²) in [6.07, 6.45) is 2.08. The summed E-state index contributed by atoms with van der Waals surface area (Å²) in [4.78, 5) is 12.4. The molecule has 3 nitrogen and oxygen atoms in total. The van der Waals surface area contributed by atoms with Crippen LogP contribution in [0.5, 0.6) is 0 Å². The summed E-state index contributed by atoms with van der Waals surface area (Å²) in [5.41, 5.74) is 7.25. The lowest BCUT2D eigenvalue weighted by molar-refractivity contribution is 0.0856. The molecule has 18 heavy (non-hydrogen) atoms. The molecule has 0 spiro atoms. The van der Waals surface area contributed by atoms with Gasteiger partial charge in [0.2, 0.25) is 5.78 Å². The van der Waals surface area contributed by atoms with Gasteiger partial charge in [0.15, 0.2) is 5.76 Å². The maximum absolute atomic E-state index is 12.4. The van der Waals surface area contributed by atoms with Gasteiger partial charge in [-0.25, -0.2) is 0 Å². The number of nitrogens with two attached hydrogens (primary N) is 1. The van der Waals surface area contributed by atoms with Crippen molar-refractivity contribution in [3.63, 3.8) is 0 Å². The van der Waals surface area contributed by atoms with Crippen molar-refractivity contribution in [3.05, 3.63) is 35.6 Å². The minimum atomic E-state index is -0.789. The molecule has 3 heteroatoms. The summed E-state index contributed by atoms with van der Waals surface area (Å²) in [5.74, 6) is 0.603. The molecule has 0 bridgehead atoms. The number of benzene rings is 1. The summed E-state index contributed by atoms with van der Waals surface area (Å²) in [6, 6.07) is 7.69. The molecule has 1 aliphatic rings. The number of fused-ring (bicyclic) bond motifs is 1. The standard InChI is InChI=1S/C15H17NO2/c1-9-3-6-12-10(7-9)8-13(18-12)14(17)15(2,16)11-4-5-11/h3,6-8,11H,4-5,16H2,1-2H3. The van der Waals surface area contributed by atoms with Crippen LogP contribution in [0, 0.1) is 12.8 Å². The van der Waals surface area contributed by atoms with Crippen LogP contribution in [0.1, 0.15) is 35.9 Å². The Morgan fingerprint density at radius 1 is 1.39 bits per heavy atom. The number of carbonyl (C=O) groups is 1. The van der Waals surface area contributed by atoms with Crippen LogP contribution in [-0.4, -0.2) is 11.3 Å². The van der Waals surface area contributed by atoms with Crippen molar-refractivity contribution in [1.29, 1.82) is 0 Å². The molecule has 1 aromatic carbocycles. The van der Waals surface area contributed by atoms with Gasteiger partial charge in [-0.3, -0.25) is 4.79 Å². The van der Waals surface area contributed by atoms with Crippen molar-refractivity contribution in [2.24, 2.45) is 11.7 Å². The van der Waals surface area contributed by atoms with E-state index in [1.807, 2.05) is 32.0 Å². The van der Waals surface area contributed by atoms with Gasteiger partial charge in [0.25, 0.3) is 0 Å². The SMILES string of the molecule is Cc1ccc2oc(C(=O)C(C)(N)C3CC3)cc2c1. The fourth-order valence-electron chi connectivity index (χ4n) is 2.41. The fraction of sp³-hybridized carbons (Fsp3) is 0.400. The molecule has 0 radical (unpaired) electrons. The van der Waals surface area contributed by atoms with E-state index >= 15 is 0 Å². The molecule has 1 aromatic heterocycles. The van der Waals surface area contributed by atoms with Gasteiger partial charge in [0.05, 0.1) is 5.54 Å². The first-order valence-corrected chi connectivity index (χ1v) is 6.32. The van der Waals surface area contributed by atoms with Crippen LogP contribution in [0.25, 0.3) is 11.0 Å². The van der Waals surface area contributed by atoms with Gasteiger partial charge in [-0.1, -0.05) is 11.6 Å². The summed E-state index contributed by atoms with van der Waals surface area (Å²) >= 11 is 0. The van der Waals surface area contributed by atoms with Crippen LogP contribution in [0.2, 0.25) is 0 Å². The van der Waals surface area contributed by atoms with E-state index in [2.05, 4.69) is 0 Å². The summed E-state index contributed by atoms with van der Waals surface area (Å²) in [5, 5.41) is 0.963. The molecular weight excluding hydrogens is 226 g/mol. The molecule has 94 valence electrons. The van der Waals surface area contributed by atoms with E-state index in [-0.39, 0.29) is 5.78 Å². The Bertz CT molecular complexity index is 620. The van der Waals surface area contributed by atoms with Crippen molar-refractivity contribution in [2.45, 2.75) is 32.2 Å². The molecule has 1 saturated carbocycles. The van der Waals surface area contributed by atoms with Crippen LogP contribution in [0.4, 0.5) is 0 Å². The molecule has 1 atom stereocenters. The highest BCUT2D eigenvalue weighted by Crippen LogP contribution is 2.40.